The smallest absolute Gasteiger partial charge is 0.319 e. The van der Waals surface area contributed by atoms with Crippen molar-refractivity contribution in [2.24, 2.45) is 0 Å². The maximum absolute atomic E-state index is 12.4. The van der Waals surface area contributed by atoms with Crippen molar-refractivity contribution in [2.75, 3.05) is 17.7 Å². The molecule has 0 aliphatic heterocycles. The average molecular weight is 426 g/mol. The Morgan fingerprint density at radius 2 is 1.80 bits per heavy atom. The van der Waals surface area contributed by atoms with Crippen molar-refractivity contribution in [3.8, 4) is 16.3 Å². The first kappa shape index (κ1) is 21.3. The van der Waals surface area contributed by atoms with Crippen LogP contribution >= 0.6 is 11.3 Å². The monoisotopic (exact) mass is 425 g/mol. The van der Waals surface area contributed by atoms with Crippen molar-refractivity contribution in [3.63, 3.8) is 0 Å². The summed E-state index contributed by atoms with van der Waals surface area (Å²) in [5.74, 6) is 0.364. The first-order valence-corrected chi connectivity index (χ1v) is 10.3. The van der Waals surface area contributed by atoms with Gasteiger partial charge in [-0.3, -0.25) is 10.1 Å². The largest absolute Gasteiger partial charge is 0.497 e. The molecule has 0 saturated carbocycles. The van der Waals surface area contributed by atoms with E-state index < -0.39 is 12.1 Å². The molecule has 0 saturated heterocycles. The van der Waals surface area contributed by atoms with Gasteiger partial charge in [-0.1, -0.05) is 36.5 Å². The lowest BCUT2D eigenvalue weighted by atomic mass is 10.1. The Bertz CT molecular complexity index is 1020. The number of aromatic nitrogens is 2. The van der Waals surface area contributed by atoms with Crippen LogP contribution in [0.25, 0.3) is 10.6 Å². The average Bonchev–Trinajstić information content (AvgIpc) is 3.22. The molecule has 0 fully saturated rings. The van der Waals surface area contributed by atoms with E-state index in [9.17, 15) is 9.59 Å². The zero-order valence-electron chi connectivity index (χ0n) is 16.9. The van der Waals surface area contributed by atoms with E-state index in [0.29, 0.717) is 10.1 Å². The molecule has 1 aromatic heterocycles. The van der Waals surface area contributed by atoms with E-state index in [1.165, 1.54) is 11.3 Å². The second-order valence-electron chi connectivity index (χ2n) is 6.46. The number of rotatable bonds is 7. The highest BCUT2D eigenvalue weighted by Gasteiger charge is 2.18. The number of aryl methyl sites for hydroxylation is 1. The van der Waals surface area contributed by atoms with Crippen LogP contribution in [0, 0.1) is 0 Å². The number of para-hydroxylation sites is 1. The van der Waals surface area contributed by atoms with Gasteiger partial charge in [-0.2, -0.15) is 0 Å². The number of carbonyl (C=O) groups excluding carboxylic acids is 2. The molecular weight excluding hydrogens is 402 g/mol. The van der Waals surface area contributed by atoms with E-state index in [-0.39, 0.29) is 5.91 Å². The van der Waals surface area contributed by atoms with Gasteiger partial charge in [0.25, 0.3) is 0 Å². The summed E-state index contributed by atoms with van der Waals surface area (Å²) in [4.78, 5) is 24.7. The summed E-state index contributed by atoms with van der Waals surface area (Å²) in [6.07, 6.45) is 0.792. The summed E-state index contributed by atoms with van der Waals surface area (Å²) in [7, 11) is 1.60. The van der Waals surface area contributed by atoms with Crippen LogP contribution in [0.2, 0.25) is 0 Å². The van der Waals surface area contributed by atoms with Crippen LogP contribution in [0.5, 0.6) is 5.75 Å². The third kappa shape index (κ3) is 5.32. The predicted octanol–water partition coefficient (Wildman–Crippen LogP) is 3.92. The van der Waals surface area contributed by atoms with Crippen molar-refractivity contribution in [2.45, 2.75) is 26.3 Å². The Morgan fingerprint density at radius 3 is 2.50 bits per heavy atom. The predicted molar refractivity (Wildman–Crippen MR) is 118 cm³/mol. The molecular formula is C21H23N5O3S. The first-order valence-electron chi connectivity index (χ1n) is 9.44. The molecule has 3 aromatic rings. The van der Waals surface area contributed by atoms with Crippen LogP contribution in [0.3, 0.4) is 0 Å². The number of nitrogens with one attached hydrogen (secondary N) is 3. The molecule has 3 rings (SSSR count). The third-order valence-electron chi connectivity index (χ3n) is 4.38. The number of urea groups is 1. The summed E-state index contributed by atoms with van der Waals surface area (Å²) >= 11 is 1.25. The Hall–Kier alpha value is -3.46. The molecule has 3 N–H and O–H groups in total. The number of hydrogen-bond donors (Lipinski definition) is 3. The Morgan fingerprint density at radius 1 is 1.07 bits per heavy atom. The molecule has 1 atom stereocenters. The van der Waals surface area contributed by atoms with Crippen LogP contribution in [-0.4, -0.2) is 35.3 Å². The van der Waals surface area contributed by atoms with Gasteiger partial charge in [-0.25, -0.2) is 4.79 Å². The standard InChI is InChI=1S/C21H23N5O3S/c1-4-14-7-5-6-8-17(14)23-20(28)22-13(2)18(27)24-21-26-25-19(30-21)15-9-11-16(29-3)12-10-15/h5-13H,4H2,1-3H3,(H2,22,23,28)(H,24,26,27)/t13-/m1/s1. The van der Waals surface area contributed by atoms with E-state index in [4.69, 9.17) is 4.74 Å². The summed E-state index contributed by atoms with van der Waals surface area (Å²) in [5.41, 5.74) is 2.61. The second kappa shape index (κ2) is 9.84. The van der Waals surface area contributed by atoms with Gasteiger partial charge in [0.15, 0.2) is 0 Å². The minimum absolute atomic E-state index is 0.358. The van der Waals surface area contributed by atoms with Crippen LogP contribution in [0.4, 0.5) is 15.6 Å². The van der Waals surface area contributed by atoms with Gasteiger partial charge in [0, 0.05) is 11.3 Å². The SMILES string of the molecule is CCc1ccccc1NC(=O)N[C@H](C)C(=O)Nc1nnc(-c2ccc(OC)cc2)s1. The fraction of sp³-hybridized carbons (Fsp3) is 0.238. The molecule has 0 radical (unpaired) electrons. The maximum atomic E-state index is 12.4. The van der Waals surface area contributed by atoms with Gasteiger partial charge < -0.3 is 15.4 Å². The molecule has 30 heavy (non-hydrogen) atoms. The van der Waals surface area contributed by atoms with Crippen molar-refractivity contribution < 1.29 is 14.3 Å². The fourth-order valence-corrected chi connectivity index (χ4v) is 3.46. The normalized spacial score (nSPS) is 11.4. The number of amides is 3. The van der Waals surface area contributed by atoms with Crippen molar-refractivity contribution in [1.82, 2.24) is 15.5 Å². The van der Waals surface area contributed by atoms with Gasteiger partial charge in [-0.05, 0) is 49.2 Å². The van der Waals surface area contributed by atoms with E-state index in [1.807, 2.05) is 55.5 Å². The highest BCUT2D eigenvalue weighted by Crippen LogP contribution is 2.27. The highest BCUT2D eigenvalue weighted by atomic mass is 32.1. The number of anilines is 2. The molecule has 156 valence electrons. The molecule has 1 heterocycles. The quantitative estimate of drug-likeness (QED) is 0.532. The minimum Gasteiger partial charge on any atom is -0.497 e. The summed E-state index contributed by atoms with van der Waals surface area (Å²) < 4.78 is 5.14. The molecule has 2 aromatic carbocycles. The van der Waals surface area contributed by atoms with Gasteiger partial charge in [0.2, 0.25) is 11.0 Å². The first-order chi connectivity index (χ1) is 14.5. The van der Waals surface area contributed by atoms with E-state index >= 15 is 0 Å². The number of nitrogens with zero attached hydrogens (tertiary/aromatic N) is 2. The number of benzene rings is 2. The fourth-order valence-electron chi connectivity index (χ4n) is 2.71. The van der Waals surface area contributed by atoms with Gasteiger partial charge in [0.05, 0.1) is 7.11 Å². The van der Waals surface area contributed by atoms with Gasteiger partial charge in [0.1, 0.15) is 16.8 Å². The third-order valence-corrected chi connectivity index (χ3v) is 5.27. The zero-order valence-corrected chi connectivity index (χ0v) is 17.7. The Kier molecular flexibility index (Phi) is 6.97. The molecule has 9 heteroatoms. The van der Waals surface area contributed by atoms with Crippen molar-refractivity contribution >= 4 is 34.1 Å². The molecule has 0 aliphatic carbocycles. The van der Waals surface area contributed by atoms with Gasteiger partial charge in [-0.15, -0.1) is 10.2 Å². The summed E-state index contributed by atoms with van der Waals surface area (Å²) in [5, 5.41) is 17.2. The van der Waals surface area contributed by atoms with Gasteiger partial charge >= 0.3 is 6.03 Å². The lowest BCUT2D eigenvalue weighted by Crippen LogP contribution is -2.43. The van der Waals surface area contributed by atoms with Crippen LogP contribution in [0.1, 0.15) is 19.4 Å². The number of ether oxygens (including phenoxy) is 1. The maximum Gasteiger partial charge on any atom is 0.319 e. The van der Waals surface area contributed by atoms with Crippen LogP contribution in [0.15, 0.2) is 48.5 Å². The number of carbonyl (C=O) groups is 2. The molecule has 0 unspecified atom stereocenters. The number of hydrogen-bond acceptors (Lipinski definition) is 6. The zero-order chi connectivity index (χ0) is 21.5. The van der Waals surface area contributed by atoms with Crippen molar-refractivity contribution in [1.29, 1.82) is 0 Å². The molecule has 0 spiro atoms. The van der Waals surface area contributed by atoms with Crippen LogP contribution < -0.4 is 20.7 Å². The van der Waals surface area contributed by atoms with E-state index in [0.717, 1.165) is 29.0 Å². The summed E-state index contributed by atoms with van der Waals surface area (Å²) in [6, 6.07) is 13.7. The number of methoxy groups -OCH3 is 1. The second-order valence-corrected chi connectivity index (χ2v) is 7.44. The topological polar surface area (TPSA) is 105 Å². The Balaban J connectivity index is 1.56. The van der Waals surface area contributed by atoms with Crippen molar-refractivity contribution in [3.05, 3.63) is 54.1 Å². The molecule has 0 aliphatic rings. The van der Waals surface area contributed by atoms with E-state index in [2.05, 4.69) is 26.1 Å². The minimum atomic E-state index is -0.757. The molecule has 0 bridgehead atoms. The highest BCUT2D eigenvalue weighted by molar-refractivity contribution is 7.18. The molecule has 3 amide bonds. The lowest BCUT2D eigenvalue weighted by Gasteiger charge is -2.15. The summed E-state index contributed by atoms with van der Waals surface area (Å²) in [6.45, 7) is 3.61. The lowest BCUT2D eigenvalue weighted by molar-refractivity contribution is -0.117. The van der Waals surface area contributed by atoms with Crippen LogP contribution in [-0.2, 0) is 11.2 Å². The molecule has 8 nitrogen and oxygen atoms in total. The Labute approximate surface area is 178 Å². The van der Waals surface area contributed by atoms with E-state index in [1.54, 1.807) is 14.0 Å².